The van der Waals surface area contributed by atoms with Gasteiger partial charge in [-0.05, 0) is 34.6 Å². The van der Waals surface area contributed by atoms with Gasteiger partial charge < -0.3 is 34.6 Å². The average molecular weight is 576 g/mol. The normalized spacial score (nSPS) is 15.8. The zero-order valence-electron chi connectivity index (χ0n) is 23.0. The molecule has 0 fully saturated rings. The van der Waals surface area contributed by atoms with Crippen molar-refractivity contribution in [3.63, 3.8) is 0 Å². The van der Waals surface area contributed by atoms with Crippen LogP contribution in [0.3, 0.4) is 0 Å². The van der Waals surface area contributed by atoms with Gasteiger partial charge in [0.25, 0.3) is 7.52 Å². The summed E-state index contributed by atoms with van der Waals surface area (Å²) < 4.78 is 34.8. The number of fused-ring (bicyclic) bond motifs is 2. The first-order chi connectivity index (χ1) is 19.0. The molecule has 4 aromatic heterocycles. The smallest absolute Gasteiger partial charge is 0.323 e. The van der Waals surface area contributed by atoms with Gasteiger partial charge in [-0.25, -0.2) is 35.0 Å². The van der Waals surface area contributed by atoms with Gasteiger partial charge in [-0.15, -0.1) is 0 Å². The van der Waals surface area contributed by atoms with Gasteiger partial charge in [-0.1, -0.05) is 0 Å². The van der Waals surface area contributed by atoms with E-state index in [9.17, 15) is 9.36 Å². The largest absolute Gasteiger partial charge is 0.462 e. The van der Waals surface area contributed by atoms with Crippen LogP contribution in [0.15, 0.2) is 25.3 Å². The maximum atomic E-state index is 14.0. The SMILES string of the molecule is CC(C)OC(=O)[C@H](C)N[P@](=O)(CO[C@H](C)Cn1cnc2c(N)ncnc21)O[C@H](C)Cn1cnc2c(N)ncnc21. The summed E-state index contributed by atoms with van der Waals surface area (Å²) in [5, 5.41) is 2.81. The monoisotopic (exact) mass is 575 g/mol. The van der Waals surface area contributed by atoms with E-state index in [0.717, 1.165) is 0 Å². The van der Waals surface area contributed by atoms with Crippen molar-refractivity contribution in [3.05, 3.63) is 25.3 Å². The molecule has 4 aromatic rings. The van der Waals surface area contributed by atoms with Crippen molar-refractivity contribution in [1.29, 1.82) is 0 Å². The summed E-state index contributed by atoms with van der Waals surface area (Å²) in [6, 6.07) is -0.918. The molecule has 17 heteroatoms. The lowest BCUT2D eigenvalue weighted by atomic mass is 10.4. The molecule has 0 saturated carbocycles. The Hall–Kier alpha value is -3.72. The maximum absolute atomic E-state index is 14.0. The number of anilines is 2. The number of aromatic nitrogens is 8. The fourth-order valence-electron chi connectivity index (χ4n) is 4.00. The zero-order chi connectivity index (χ0) is 29.0. The molecule has 0 saturated heterocycles. The van der Waals surface area contributed by atoms with Crippen molar-refractivity contribution in [3.8, 4) is 0 Å². The molecule has 5 N–H and O–H groups in total. The number of nitrogens with two attached hydrogens (primary N) is 2. The lowest BCUT2D eigenvalue weighted by Gasteiger charge is -2.27. The number of nitrogen functional groups attached to an aromatic ring is 2. The number of esters is 1. The number of carbonyl (C=O) groups is 1. The van der Waals surface area contributed by atoms with E-state index in [-0.39, 0.29) is 30.6 Å². The van der Waals surface area contributed by atoms with Crippen LogP contribution in [0.5, 0.6) is 0 Å². The summed E-state index contributed by atoms with van der Waals surface area (Å²) in [5.74, 6) is -0.0330. The Bertz CT molecular complexity index is 1520. The van der Waals surface area contributed by atoms with Crippen molar-refractivity contribution in [2.24, 2.45) is 0 Å². The van der Waals surface area contributed by atoms with Crippen molar-refractivity contribution in [2.45, 2.75) is 72.1 Å². The predicted octanol–water partition coefficient (Wildman–Crippen LogP) is 1.72. The summed E-state index contributed by atoms with van der Waals surface area (Å²) in [5.41, 5.74) is 13.8. The fraction of sp³-hybridized carbons (Fsp3) is 0.522. The second kappa shape index (κ2) is 12.2. The highest BCUT2D eigenvalue weighted by atomic mass is 31.2. The minimum atomic E-state index is -3.75. The van der Waals surface area contributed by atoms with Crippen LogP contribution in [-0.4, -0.2) is 75.7 Å². The van der Waals surface area contributed by atoms with Gasteiger partial charge in [0.05, 0.1) is 44.1 Å². The Morgan fingerprint density at radius 3 is 1.93 bits per heavy atom. The van der Waals surface area contributed by atoms with Gasteiger partial charge in [0.1, 0.15) is 36.1 Å². The molecule has 4 rings (SSSR count). The van der Waals surface area contributed by atoms with Crippen LogP contribution in [0.2, 0.25) is 0 Å². The summed E-state index contributed by atoms with van der Waals surface area (Å²) in [6.45, 7) is 9.17. The first-order valence-corrected chi connectivity index (χ1v) is 14.5. The zero-order valence-corrected chi connectivity index (χ0v) is 23.9. The molecule has 0 aliphatic carbocycles. The van der Waals surface area contributed by atoms with Crippen molar-refractivity contribution in [1.82, 2.24) is 44.1 Å². The van der Waals surface area contributed by atoms with E-state index in [1.165, 1.54) is 12.7 Å². The third kappa shape index (κ3) is 6.88. The Labute approximate surface area is 230 Å². The Balaban J connectivity index is 1.47. The third-order valence-electron chi connectivity index (χ3n) is 5.74. The quantitative estimate of drug-likeness (QED) is 0.153. The molecule has 0 bridgehead atoms. The van der Waals surface area contributed by atoms with Crippen LogP contribution < -0.4 is 16.6 Å². The minimum absolute atomic E-state index is 0.251. The van der Waals surface area contributed by atoms with Crippen LogP contribution in [0.25, 0.3) is 22.3 Å². The van der Waals surface area contributed by atoms with E-state index in [1.807, 2.05) is 6.92 Å². The highest BCUT2D eigenvalue weighted by molar-refractivity contribution is 7.56. The number of ether oxygens (including phenoxy) is 2. The van der Waals surface area contributed by atoms with Gasteiger partial charge in [0.2, 0.25) is 0 Å². The molecule has 16 nitrogen and oxygen atoms in total. The van der Waals surface area contributed by atoms with Crippen molar-refractivity contribution < 1.29 is 23.4 Å². The molecule has 4 atom stereocenters. The molecular weight excluding hydrogens is 541 g/mol. The van der Waals surface area contributed by atoms with Gasteiger partial charge >= 0.3 is 5.97 Å². The molecule has 0 amide bonds. The third-order valence-corrected chi connectivity index (χ3v) is 7.71. The minimum Gasteiger partial charge on any atom is -0.462 e. The molecule has 4 heterocycles. The van der Waals surface area contributed by atoms with Crippen LogP contribution in [0, 0.1) is 0 Å². The van der Waals surface area contributed by atoms with Crippen LogP contribution in [-0.2, 0) is 36.4 Å². The van der Waals surface area contributed by atoms with Gasteiger partial charge in [-0.2, -0.15) is 0 Å². The summed E-state index contributed by atoms with van der Waals surface area (Å²) in [7, 11) is -3.75. The molecule has 0 aromatic carbocycles. The number of hydrogen-bond acceptors (Lipinski definition) is 13. The number of rotatable bonds is 13. The lowest BCUT2D eigenvalue weighted by molar-refractivity contribution is -0.149. The number of nitrogens with zero attached hydrogens (tertiary/aromatic N) is 8. The second-order valence-electron chi connectivity index (χ2n) is 9.69. The van der Waals surface area contributed by atoms with Crippen molar-refractivity contribution >= 4 is 47.5 Å². The van der Waals surface area contributed by atoms with Crippen LogP contribution in [0.1, 0.15) is 34.6 Å². The topological polar surface area (TPSA) is 213 Å². The maximum Gasteiger partial charge on any atom is 0.323 e. The van der Waals surface area contributed by atoms with E-state index in [2.05, 4.69) is 35.0 Å². The van der Waals surface area contributed by atoms with Crippen molar-refractivity contribution in [2.75, 3.05) is 17.8 Å². The van der Waals surface area contributed by atoms with E-state index >= 15 is 0 Å². The predicted molar refractivity (Wildman–Crippen MR) is 147 cm³/mol. The summed E-state index contributed by atoms with van der Waals surface area (Å²) >= 11 is 0. The molecule has 40 heavy (non-hydrogen) atoms. The molecule has 0 aliphatic rings. The van der Waals surface area contributed by atoms with E-state index in [1.54, 1.807) is 49.5 Å². The first-order valence-electron chi connectivity index (χ1n) is 12.7. The number of carbonyl (C=O) groups excluding carboxylic acids is 1. The molecule has 216 valence electrons. The van der Waals surface area contributed by atoms with Crippen LogP contribution >= 0.6 is 7.52 Å². The highest BCUT2D eigenvalue weighted by Gasteiger charge is 2.32. The van der Waals surface area contributed by atoms with Gasteiger partial charge in [0, 0.05) is 0 Å². The molecule has 0 spiro atoms. The summed E-state index contributed by atoms with van der Waals surface area (Å²) in [4.78, 5) is 37.3. The first kappa shape index (κ1) is 29.3. The lowest BCUT2D eigenvalue weighted by Crippen LogP contribution is -2.37. The Morgan fingerprint density at radius 1 is 0.875 bits per heavy atom. The van der Waals surface area contributed by atoms with E-state index in [4.69, 9.17) is 25.5 Å². The Morgan fingerprint density at radius 2 is 1.40 bits per heavy atom. The fourth-order valence-corrected chi connectivity index (χ4v) is 5.99. The van der Waals surface area contributed by atoms with E-state index in [0.29, 0.717) is 28.9 Å². The number of imidazole rings is 2. The molecule has 0 aliphatic heterocycles. The van der Waals surface area contributed by atoms with Crippen LogP contribution in [0.4, 0.5) is 11.6 Å². The highest BCUT2D eigenvalue weighted by Crippen LogP contribution is 2.45. The van der Waals surface area contributed by atoms with E-state index < -0.39 is 31.7 Å². The summed E-state index contributed by atoms with van der Waals surface area (Å²) in [6.07, 6.45) is 4.16. The molecule has 0 unspecified atom stereocenters. The number of hydrogen-bond donors (Lipinski definition) is 3. The second-order valence-corrected chi connectivity index (χ2v) is 11.8. The Kier molecular flexibility index (Phi) is 8.93. The number of nitrogens with one attached hydrogen (secondary N) is 1. The standard InChI is InChI=1S/C23H34N11O5P/c1-13(2)38-23(35)16(5)32-40(36,39-15(4)7-34-11-31-18-20(25)27-9-29-22(18)34)12-37-14(3)6-33-10-30-17-19(24)26-8-28-21(17)33/h8-11,13-16H,6-7,12H2,1-5H3,(H,32,36)(H2,24,26,28)(H2,25,27,29)/t14-,15-,16+,40+/m1/s1. The molecule has 0 radical (unpaired) electrons. The molecular formula is C23H34N11O5P. The van der Waals surface area contributed by atoms with Gasteiger partial charge in [0.15, 0.2) is 22.9 Å². The van der Waals surface area contributed by atoms with Gasteiger partial charge in [-0.3, -0.25) is 9.36 Å². The average Bonchev–Trinajstić information content (AvgIpc) is 3.48.